The van der Waals surface area contributed by atoms with Crippen molar-refractivity contribution in [2.24, 2.45) is 0 Å². The highest BCUT2D eigenvalue weighted by atomic mass is 19.1. The molecular formula is C23H26FN3O4. The van der Waals surface area contributed by atoms with E-state index < -0.39 is 11.8 Å². The van der Waals surface area contributed by atoms with E-state index in [2.05, 4.69) is 5.32 Å². The maximum atomic E-state index is 13.1. The number of hydrogen-bond donors (Lipinski definition) is 1. The summed E-state index contributed by atoms with van der Waals surface area (Å²) in [5.74, 6) is 0.583. The summed E-state index contributed by atoms with van der Waals surface area (Å²) >= 11 is 0. The standard InChI is InChI=1S/C23H26FN3O4/c1-26-19(14-22(28)27(26)23(29)25-17-10-8-16(24)9-11-17)15-7-12-20(30-2)21(13-15)31-18-5-3-4-6-18/h7-13,18-19H,3-6,14H2,1-2H3,(H,25,29). The minimum atomic E-state index is -0.586. The van der Waals surface area contributed by atoms with E-state index in [0.29, 0.717) is 17.2 Å². The van der Waals surface area contributed by atoms with Gasteiger partial charge in [-0.05, 0) is 67.6 Å². The van der Waals surface area contributed by atoms with Gasteiger partial charge in [-0.15, -0.1) is 0 Å². The minimum Gasteiger partial charge on any atom is -0.493 e. The number of halogens is 1. The van der Waals surface area contributed by atoms with Gasteiger partial charge in [-0.1, -0.05) is 6.07 Å². The lowest BCUT2D eigenvalue weighted by Crippen LogP contribution is -2.44. The third kappa shape index (κ3) is 4.49. The summed E-state index contributed by atoms with van der Waals surface area (Å²) in [7, 11) is 3.30. The quantitative estimate of drug-likeness (QED) is 0.760. The summed E-state index contributed by atoms with van der Waals surface area (Å²) in [6.07, 6.45) is 4.68. The van der Waals surface area contributed by atoms with Gasteiger partial charge in [0.15, 0.2) is 11.5 Å². The Morgan fingerprint density at radius 2 is 1.81 bits per heavy atom. The Morgan fingerprint density at radius 3 is 2.48 bits per heavy atom. The normalized spacial score (nSPS) is 19.6. The number of ether oxygens (including phenoxy) is 2. The van der Waals surface area contributed by atoms with Crippen LogP contribution < -0.4 is 14.8 Å². The van der Waals surface area contributed by atoms with Gasteiger partial charge in [-0.2, -0.15) is 5.01 Å². The second kappa shape index (κ2) is 8.93. The maximum absolute atomic E-state index is 13.1. The van der Waals surface area contributed by atoms with Gasteiger partial charge in [0, 0.05) is 12.7 Å². The van der Waals surface area contributed by atoms with Crippen molar-refractivity contribution < 1.29 is 23.5 Å². The van der Waals surface area contributed by atoms with Gasteiger partial charge in [0.25, 0.3) is 0 Å². The first kappa shape index (κ1) is 21.1. The Balaban J connectivity index is 1.51. The maximum Gasteiger partial charge on any atom is 0.343 e. The summed E-state index contributed by atoms with van der Waals surface area (Å²) in [4.78, 5) is 25.4. The molecule has 1 saturated carbocycles. The first-order valence-corrected chi connectivity index (χ1v) is 10.4. The number of carbonyl (C=O) groups excluding carboxylic acids is 2. The molecule has 7 nitrogen and oxygen atoms in total. The van der Waals surface area contributed by atoms with Gasteiger partial charge in [-0.3, -0.25) is 4.79 Å². The first-order valence-electron chi connectivity index (χ1n) is 10.4. The van der Waals surface area contributed by atoms with Crippen molar-refractivity contribution in [3.8, 4) is 11.5 Å². The molecule has 8 heteroatoms. The lowest BCUT2D eigenvalue weighted by Gasteiger charge is -2.27. The van der Waals surface area contributed by atoms with Crippen LogP contribution in [0.3, 0.4) is 0 Å². The van der Waals surface area contributed by atoms with E-state index in [1.54, 1.807) is 19.2 Å². The third-order valence-corrected chi connectivity index (χ3v) is 5.83. The molecule has 1 aliphatic carbocycles. The number of hydrazine groups is 1. The highest BCUT2D eigenvalue weighted by molar-refractivity contribution is 6.01. The second-order valence-corrected chi connectivity index (χ2v) is 7.87. The number of amides is 3. The van der Waals surface area contributed by atoms with E-state index >= 15 is 0 Å². The van der Waals surface area contributed by atoms with Crippen molar-refractivity contribution in [1.29, 1.82) is 0 Å². The molecule has 0 aromatic heterocycles. The van der Waals surface area contributed by atoms with Crippen molar-refractivity contribution in [1.82, 2.24) is 10.0 Å². The van der Waals surface area contributed by atoms with Crippen molar-refractivity contribution in [3.05, 3.63) is 53.8 Å². The molecule has 1 aliphatic heterocycles. The minimum absolute atomic E-state index is 0.155. The topological polar surface area (TPSA) is 71.1 Å². The van der Waals surface area contributed by atoms with Crippen LogP contribution in [-0.4, -0.2) is 42.2 Å². The molecule has 1 N–H and O–H groups in total. The first-order chi connectivity index (χ1) is 15.0. The number of imide groups is 1. The summed E-state index contributed by atoms with van der Waals surface area (Å²) in [6, 6.07) is 10.1. The predicted molar refractivity (Wildman–Crippen MR) is 113 cm³/mol. The average molecular weight is 427 g/mol. The Bertz CT molecular complexity index is 960. The van der Waals surface area contributed by atoms with E-state index in [1.807, 2.05) is 18.2 Å². The molecule has 2 aliphatic rings. The van der Waals surface area contributed by atoms with Crippen LogP contribution in [0.4, 0.5) is 14.9 Å². The van der Waals surface area contributed by atoms with Crippen LogP contribution in [-0.2, 0) is 4.79 Å². The van der Waals surface area contributed by atoms with Crippen LogP contribution in [0.5, 0.6) is 11.5 Å². The molecule has 1 atom stereocenters. The summed E-state index contributed by atoms with van der Waals surface area (Å²) in [5.41, 5.74) is 1.27. The zero-order valence-electron chi connectivity index (χ0n) is 17.6. The zero-order valence-corrected chi connectivity index (χ0v) is 17.6. The molecule has 2 fully saturated rings. The number of rotatable bonds is 5. The highest BCUT2D eigenvalue weighted by Crippen LogP contribution is 2.38. The van der Waals surface area contributed by atoms with Crippen molar-refractivity contribution >= 4 is 17.6 Å². The van der Waals surface area contributed by atoms with Crippen LogP contribution >= 0.6 is 0 Å². The zero-order chi connectivity index (χ0) is 22.0. The molecule has 0 radical (unpaired) electrons. The average Bonchev–Trinajstić information content (AvgIpc) is 3.37. The summed E-state index contributed by atoms with van der Waals surface area (Å²) in [6.45, 7) is 0. The lowest BCUT2D eigenvalue weighted by atomic mass is 10.0. The van der Waals surface area contributed by atoms with Crippen molar-refractivity contribution in [3.63, 3.8) is 0 Å². The van der Waals surface area contributed by atoms with Gasteiger partial charge >= 0.3 is 6.03 Å². The summed E-state index contributed by atoms with van der Waals surface area (Å²) < 4.78 is 24.7. The van der Waals surface area contributed by atoms with E-state index in [0.717, 1.165) is 36.3 Å². The SMILES string of the molecule is COc1ccc(C2CC(=O)N(C(=O)Nc3ccc(F)cc3)N2C)cc1OC1CCCC1. The molecular weight excluding hydrogens is 401 g/mol. The van der Waals surface area contributed by atoms with Crippen LogP contribution in [0, 0.1) is 5.82 Å². The molecule has 2 aromatic rings. The second-order valence-electron chi connectivity index (χ2n) is 7.87. The highest BCUT2D eigenvalue weighted by Gasteiger charge is 2.40. The monoisotopic (exact) mass is 427 g/mol. The number of carbonyl (C=O) groups is 2. The molecule has 0 spiro atoms. The van der Waals surface area contributed by atoms with Crippen LogP contribution in [0.2, 0.25) is 0 Å². The van der Waals surface area contributed by atoms with Crippen LogP contribution in [0.25, 0.3) is 0 Å². The number of methoxy groups -OCH3 is 1. The number of benzene rings is 2. The van der Waals surface area contributed by atoms with E-state index in [1.165, 1.54) is 24.3 Å². The van der Waals surface area contributed by atoms with E-state index in [-0.39, 0.29) is 24.5 Å². The molecule has 1 unspecified atom stereocenters. The fourth-order valence-corrected chi connectivity index (χ4v) is 4.18. The molecule has 3 amide bonds. The molecule has 1 heterocycles. The molecule has 1 saturated heterocycles. The van der Waals surface area contributed by atoms with E-state index in [4.69, 9.17) is 9.47 Å². The lowest BCUT2D eigenvalue weighted by molar-refractivity contribution is -0.131. The number of nitrogens with zero attached hydrogens (tertiary/aromatic N) is 2. The Hall–Kier alpha value is -3.13. The largest absolute Gasteiger partial charge is 0.493 e. The Morgan fingerprint density at radius 1 is 1.10 bits per heavy atom. The molecule has 2 aromatic carbocycles. The Kier molecular flexibility index (Phi) is 6.08. The van der Waals surface area contributed by atoms with Gasteiger partial charge in [-0.25, -0.2) is 14.2 Å². The van der Waals surface area contributed by atoms with E-state index in [9.17, 15) is 14.0 Å². The van der Waals surface area contributed by atoms with Crippen LogP contribution in [0.1, 0.15) is 43.7 Å². The Labute approximate surface area is 180 Å². The predicted octanol–water partition coefficient (Wildman–Crippen LogP) is 4.51. The van der Waals surface area contributed by atoms with Crippen molar-refractivity contribution in [2.75, 3.05) is 19.5 Å². The fourth-order valence-electron chi connectivity index (χ4n) is 4.18. The molecule has 0 bridgehead atoms. The number of hydrogen-bond acceptors (Lipinski definition) is 5. The van der Waals surface area contributed by atoms with Crippen molar-refractivity contribution in [2.45, 2.75) is 44.2 Å². The summed E-state index contributed by atoms with van der Waals surface area (Å²) in [5, 5.41) is 5.33. The van der Waals surface area contributed by atoms with Gasteiger partial charge in [0.1, 0.15) is 5.82 Å². The van der Waals surface area contributed by atoms with Gasteiger partial charge in [0.2, 0.25) is 5.91 Å². The number of urea groups is 1. The molecule has 4 rings (SSSR count). The van der Waals surface area contributed by atoms with Gasteiger partial charge < -0.3 is 14.8 Å². The smallest absolute Gasteiger partial charge is 0.343 e. The van der Waals surface area contributed by atoms with Crippen LogP contribution in [0.15, 0.2) is 42.5 Å². The molecule has 164 valence electrons. The molecule has 31 heavy (non-hydrogen) atoms. The number of nitrogens with one attached hydrogen (secondary N) is 1. The number of anilines is 1. The van der Waals surface area contributed by atoms with Gasteiger partial charge in [0.05, 0.1) is 25.7 Å². The third-order valence-electron chi connectivity index (χ3n) is 5.83. The fraction of sp³-hybridized carbons (Fsp3) is 0.391.